The van der Waals surface area contributed by atoms with Crippen LogP contribution in [0.5, 0.6) is 0 Å². The third-order valence-corrected chi connectivity index (χ3v) is 11.3. The summed E-state index contributed by atoms with van der Waals surface area (Å²) in [5.41, 5.74) is 22.0. The minimum absolute atomic E-state index is 0.984. The molecule has 0 fully saturated rings. The first-order chi connectivity index (χ1) is 24.5. The van der Waals surface area contributed by atoms with Crippen LogP contribution in [-0.2, 0) is 19.3 Å². The van der Waals surface area contributed by atoms with Gasteiger partial charge < -0.3 is 9.97 Å². The number of hydrogen-bond donors (Lipinski definition) is 2. The average Bonchev–Trinajstić information content (AvgIpc) is 3.84. The first-order valence-corrected chi connectivity index (χ1v) is 18.6. The predicted molar refractivity (Wildman–Crippen MR) is 211 cm³/mol. The van der Waals surface area contributed by atoms with E-state index in [-0.39, 0.29) is 0 Å². The van der Waals surface area contributed by atoms with Gasteiger partial charge in [-0.2, -0.15) is 0 Å². The van der Waals surface area contributed by atoms with E-state index in [2.05, 4.69) is 123 Å². The Kier molecular flexibility index (Phi) is 7.57. The molecule has 0 amide bonds. The molecule has 0 unspecified atom stereocenters. The number of hydrogen-bond acceptors (Lipinski definition) is 2. The van der Waals surface area contributed by atoms with Crippen molar-refractivity contribution in [3.05, 3.63) is 119 Å². The van der Waals surface area contributed by atoms with Gasteiger partial charge in [0.05, 0.1) is 22.8 Å². The van der Waals surface area contributed by atoms with Crippen LogP contribution in [0.1, 0.15) is 86.5 Å². The number of rotatable bonds is 6. The Morgan fingerprint density at radius 1 is 0.600 bits per heavy atom. The topological polar surface area (TPSA) is 57.4 Å². The highest BCUT2D eigenvalue weighted by Gasteiger charge is 2.25. The lowest BCUT2D eigenvalue weighted by Crippen LogP contribution is -2.01. The van der Waals surface area contributed by atoms with E-state index in [0.717, 1.165) is 85.2 Å². The molecule has 4 heteroatoms. The normalized spacial score (nSPS) is 13.4. The minimum Gasteiger partial charge on any atom is -0.355 e. The maximum Gasteiger partial charge on any atom is 0.0743 e. The number of benzene rings is 3. The van der Waals surface area contributed by atoms with Gasteiger partial charge in [-0.05, 0) is 126 Å². The molecule has 0 atom stereocenters. The Hall–Kier alpha value is -5.22. The molecule has 0 saturated carbocycles. The number of nitrogens with one attached hydrogen (secondary N) is 2. The molecule has 8 bridgehead atoms. The summed E-state index contributed by atoms with van der Waals surface area (Å²) in [4.78, 5) is 18.7. The van der Waals surface area contributed by atoms with E-state index in [9.17, 15) is 0 Å². The van der Waals surface area contributed by atoms with Gasteiger partial charge in [-0.1, -0.05) is 87.4 Å². The number of unbranched alkanes of at least 4 members (excludes halogenated alkanes) is 2. The van der Waals surface area contributed by atoms with E-state index in [1.807, 2.05) is 0 Å². The summed E-state index contributed by atoms with van der Waals surface area (Å²) in [5, 5.41) is 2.46. The molecule has 0 saturated heterocycles. The first-order valence-electron chi connectivity index (χ1n) is 18.6. The monoisotopic (exact) mass is 652 g/mol. The summed E-state index contributed by atoms with van der Waals surface area (Å²) in [6.45, 7) is 9.10. The van der Waals surface area contributed by atoms with Gasteiger partial charge in [0.15, 0.2) is 0 Å². The van der Waals surface area contributed by atoms with E-state index in [1.54, 1.807) is 0 Å². The van der Waals surface area contributed by atoms with Crippen molar-refractivity contribution in [1.82, 2.24) is 19.9 Å². The van der Waals surface area contributed by atoms with Crippen LogP contribution in [0.15, 0.2) is 84.9 Å². The molecular weight excluding hydrogens is 609 g/mol. The second-order valence-electron chi connectivity index (χ2n) is 14.4. The summed E-state index contributed by atoms with van der Waals surface area (Å²) < 4.78 is 0. The van der Waals surface area contributed by atoms with Gasteiger partial charge in [0, 0.05) is 38.8 Å². The van der Waals surface area contributed by atoms with Crippen molar-refractivity contribution < 1.29 is 0 Å². The number of nitrogens with zero attached hydrogens (tertiary/aromatic N) is 2. The molecule has 50 heavy (non-hydrogen) atoms. The van der Waals surface area contributed by atoms with E-state index in [0.29, 0.717) is 0 Å². The lowest BCUT2D eigenvalue weighted by atomic mass is 9.86. The number of allylic oxidation sites excluding steroid dienone is 2. The van der Waals surface area contributed by atoms with Gasteiger partial charge in [-0.25, -0.2) is 9.97 Å². The fourth-order valence-electron chi connectivity index (χ4n) is 8.57. The van der Waals surface area contributed by atoms with Crippen LogP contribution in [-0.4, -0.2) is 19.9 Å². The quantitative estimate of drug-likeness (QED) is 0.188. The Labute approximate surface area is 294 Å². The van der Waals surface area contributed by atoms with Crippen molar-refractivity contribution in [2.24, 2.45) is 0 Å². The Morgan fingerprint density at radius 3 is 2.24 bits per heavy atom. The SMILES string of the molecule is CCCCC1=C(C)c2cc3nc(cc4[nH]c(cc5[nH]c(cc1n2)c(CCCC)c5C)c1c4CCc2ccccc2-1)-c1c-3ccc2ccccc12. The molecule has 2 aliphatic heterocycles. The van der Waals surface area contributed by atoms with Crippen molar-refractivity contribution in [2.45, 2.75) is 79.1 Å². The maximum atomic E-state index is 5.44. The van der Waals surface area contributed by atoms with Crippen molar-refractivity contribution in [1.29, 1.82) is 0 Å². The van der Waals surface area contributed by atoms with Gasteiger partial charge in [-0.15, -0.1) is 0 Å². The zero-order valence-corrected chi connectivity index (χ0v) is 29.6. The van der Waals surface area contributed by atoms with Crippen LogP contribution < -0.4 is 0 Å². The van der Waals surface area contributed by atoms with Crippen LogP contribution in [0.25, 0.3) is 77.6 Å². The molecule has 0 spiro atoms. The van der Waals surface area contributed by atoms with Crippen LogP contribution in [0, 0.1) is 6.92 Å². The van der Waals surface area contributed by atoms with E-state index in [1.165, 1.54) is 77.5 Å². The largest absolute Gasteiger partial charge is 0.355 e. The second-order valence-corrected chi connectivity index (χ2v) is 14.4. The van der Waals surface area contributed by atoms with Crippen LogP contribution >= 0.6 is 0 Å². The van der Waals surface area contributed by atoms with Crippen molar-refractivity contribution in [2.75, 3.05) is 0 Å². The van der Waals surface area contributed by atoms with Crippen LogP contribution in [0.4, 0.5) is 0 Å². The zero-order chi connectivity index (χ0) is 33.9. The molecule has 3 aromatic heterocycles. The number of H-pyrrole nitrogens is 2. The van der Waals surface area contributed by atoms with Gasteiger partial charge in [0.2, 0.25) is 0 Å². The van der Waals surface area contributed by atoms with Gasteiger partial charge >= 0.3 is 0 Å². The molecule has 0 radical (unpaired) electrons. The fourth-order valence-corrected chi connectivity index (χ4v) is 8.57. The van der Waals surface area contributed by atoms with Gasteiger partial charge in [-0.3, -0.25) is 0 Å². The Morgan fingerprint density at radius 2 is 1.36 bits per heavy atom. The number of aromatic nitrogens is 4. The highest BCUT2D eigenvalue weighted by atomic mass is 14.8. The molecule has 2 N–H and O–H groups in total. The molecule has 1 aliphatic carbocycles. The van der Waals surface area contributed by atoms with Gasteiger partial charge in [0.1, 0.15) is 0 Å². The van der Waals surface area contributed by atoms with Gasteiger partial charge in [0.25, 0.3) is 0 Å². The lowest BCUT2D eigenvalue weighted by Gasteiger charge is -2.16. The molecule has 6 aromatic rings. The zero-order valence-electron chi connectivity index (χ0n) is 29.6. The number of fused-ring (bicyclic) bond motifs is 18. The summed E-state index contributed by atoms with van der Waals surface area (Å²) >= 11 is 0. The molecule has 3 aromatic carbocycles. The van der Waals surface area contributed by atoms with Crippen molar-refractivity contribution in [3.8, 4) is 33.6 Å². The minimum atomic E-state index is 0.984. The number of aromatic amines is 2. The summed E-state index contributed by atoms with van der Waals surface area (Å²) in [5.74, 6) is 0. The van der Waals surface area contributed by atoms with Crippen molar-refractivity contribution >= 4 is 44.0 Å². The standard InChI is InChI=1S/C46H44N4/c1-5-7-15-31-27(3)37-23-41-35-21-19-30-14-10-12-18-34(30)46(35)44(49-41)26-42-36-22-20-29-13-9-11-17-33(29)45(36)43(50-42)24-38-28(4)32(16-8-6-2)40(48-38)25-39(31)47-37/h9-14,17-19,21,23-26,48,50H,5-8,15-16,20,22H2,1-4H3. The van der Waals surface area contributed by atoms with E-state index < -0.39 is 0 Å². The highest BCUT2D eigenvalue weighted by Crippen LogP contribution is 2.44. The molecule has 3 aliphatic rings. The van der Waals surface area contributed by atoms with Crippen molar-refractivity contribution in [3.63, 3.8) is 0 Å². The third kappa shape index (κ3) is 4.95. The second kappa shape index (κ2) is 12.3. The maximum absolute atomic E-state index is 5.44. The molecule has 248 valence electrons. The third-order valence-electron chi connectivity index (χ3n) is 11.3. The number of aryl methyl sites for hydroxylation is 4. The highest BCUT2D eigenvalue weighted by molar-refractivity contribution is 6.06. The summed E-state index contributed by atoms with van der Waals surface area (Å²) in [6.07, 6.45) is 8.70. The summed E-state index contributed by atoms with van der Waals surface area (Å²) in [6, 6.07) is 31.4. The smallest absolute Gasteiger partial charge is 0.0743 e. The molecular formula is C46H44N4. The fraction of sp³-hybridized carbons (Fsp3) is 0.261. The average molecular weight is 653 g/mol. The Bertz CT molecular complexity index is 2540. The lowest BCUT2D eigenvalue weighted by molar-refractivity contribution is 0.796. The van der Waals surface area contributed by atoms with Crippen LogP contribution in [0.2, 0.25) is 0 Å². The van der Waals surface area contributed by atoms with E-state index in [4.69, 9.17) is 9.97 Å². The summed E-state index contributed by atoms with van der Waals surface area (Å²) in [7, 11) is 0. The Balaban J connectivity index is 1.44. The first kappa shape index (κ1) is 30.8. The molecule has 5 heterocycles. The molecule has 4 nitrogen and oxygen atoms in total. The van der Waals surface area contributed by atoms with E-state index >= 15 is 0 Å². The van der Waals surface area contributed by atoms with Crippen LogP contribution in [0.3, 0.4) is 0 Å². The predicted octanol–water partition coefficient (Wildman–Crippen LogP) is 12.3. The molecule has 9 rings (SSSR count).